The first-order valence-corrected chi connectivity index (χ1v) is 7.90. The molecule has 1 aromatic rings. The van der Waals surface area contributed by atoms with Gasteiger partial charge >= 0.3 is 0 Å². The van der Waals surface area contributed by atoms with Gasteiger partial charge < -0.3 is 10.2 Å². The van der Waals surface area contributed by atoms with Crippen LogP contribution in [0.4, 0.5) is 5.69 Å². The molecule has 20 heavy (non-hydrogen) atoms. The third kappa shape index (κ3) is 3.14. The van der Waals surface area contributed by atoms with Crippen LogP contribution in [0.3, 0.4) is 0 Å². The molecule has 1 amide bonds. The van der Waals surface area contributed by atoms with Gasteiger partial charge in [-0.05, 0) is 49.8 Å². The lowest BCUT2D eigenvalue weighted by Gasteiger charge is -2.34. The van der Waals surface area contributed by atoms with Crippen LogP contribution in [0.1, 0.15) is 38.2 Å². The number of amides is 1. The van der Waals surface area contributed by atoms with Crippen molar-refractivity contribution in [2.45, 2.75) is 45.1 Å². The summed E-state index contributed by atoms with van der Waals surface area (Å²) in [6.45, 7) is 4.28. The Morgan fingerprint density at radius 2 is 2.00 bits per heavy atom. The molecule has 0 radical (unpaired) electrons. The summed E-state index contributed by atoms with van der Waals surface area (Å²) in [5, 5.41) is 3.21. The highest BCUT2D eigenvalue weighted by Gasteiger charge is 2.31. The Balaban J connectivity index is 1.53. The zero-order valence-electron chi connectivity index (χ0n) is 12.3. The van der Waals surface area contributed by atoms with E-state index in [1.165, 1.54) is 11.3 Å². The number of aryl methyl sites for hydroxylation is 1. The van der Waals surface area contributed by atoms with Crippen LogP contribution in [0, 0.1) is 5.92 Å². The summed E-state index contributed by atoms with van der Waals surface area (Å²) < 4.78 is 0. The van der Waals surface area contributed by atoms with Gasteiger partial charge in [-0.25, -0.2) is 0 Å². The molecule has 0 spiro atoms. The zero-order chi connectivity index (χ0) is 13.9. The van der Waals surface area contributed by atoms with Crippen molar-refractivity contribution in [2.75, 3.05) is 18.0 Å². The maximum atomic E-state index is 11.8. The van der Waals surface area contributed by atoms with Crippen molar-refractivity contribution in [1.29, 1.82) is 0 Å². The van der Waals surface area contributed by atoms with Gasteiger partial charge in [0.25, 0.3) is 0 Å². The third-order valence-corrected chi connectivity index (χ3v) is 4.47. The van der Waals surface area contributed by atoms with E-state index in [0.29, 0.717) is 12.0 Å². The molecule has 2 fully saturated rings. The van der Waals surface area contributed by atoms with E-state index in [-0.39, 0.29) is 5.91 Å². The van der Waals surface area contributed by atoms with Crippen molar-refractivity contribution in [3.8, 4) is 0 Å². The van der Waals surface area contributed by atoms with Crippen LogP contribution in [0.2, 0.25) is 0 Å². The number of nitrogens with one attached hydrogen (secondary N) is 1. The van der Waals surface area contributed by atoms with Gasteiger partial charge in [0, 0.05) is 30.7 Å². The molecule has 0 unspecified atom stereocenters. The Bertz CT molecular complexity index is 474. The highest BCUT2D eigenvalue weighted by Crippen LogP contribution is 2.29. The van der Waals surface area contributed by atoms with Gasteiger partial charge in [0.1, 0.15) is 0 Å². The molecule has 1 saturated heterocycles. The normalized spacial score (nSPS) is 19.9. The van der Waals surface area contributed by atoms with Gasteiger partial charge in [0.2, 0.25) is 5.91 Å². The molecular weight excluding hydrogens is 248 g/mol. The lowest BCUT2D eigenvalue weighted by Crippen LogP contribution is -2.45. The first kappa shape index (κ1) is 13.5. The quantitative estimate of drug-likeness (QED) is 0.914. The maximum absolute atomic E-state index is 11.8. The summed E-state index contributed by atoms with van der Waals surface area (Å²) in [5.41, 5.74) is 2.72. The van der Waals surface area contributed by atoms with Crippen LogP contribution < -0.4 is 10.2 Å². The molecule has 1 aliphatic heterocycles. The minimum Gasteiger partial charge on any atom is -0.371 e. The number of carbonyl (C=O) groups is 1. The minimum atomic E-state index is 0.288. The first-order chi connectivity index (χ1) is 9.76. The molecule has 3 rings (SSSR count). The van der Waals surface area contributed by atoms with Crippen LogP contribution in [0.15, 0.2) is 24.3 Å². The minimum absolute atomic E-state index is 0.288. The topological polar surface area (TPSA) is 32.3 Å². The van der Waals surface area contributed by atoms with Crippen molar-refractivity contribution < 1.29 is 4.79 Å². The van der Waals surface area contributed by atoms with E-state index in [1.54, 1.807) is 0 Å². The predicted molar refractivity (Wildman–Crippen MR) is 81.9 cm³/mol. The second kappa shape index (κ2) is 5.86. The van der Waals surface area contributed by atoms with Gasteiger partial charge in [-0.2, -0.15) is 0 Å². The number of carbonyl (C=O) groups excluding carboxylic acids is 1. The number of hydrogen-bond donors (Lipinski definition) is 1. The lowest BCUT2D eigenvalue weighted by atomic mass is 10.0. The Morgan fingerprint density at radius 3 is 2.65 bits per heavy atom. The Hall–Kier alpha value is -1.51. The average Bonchev–Trinajstić information content (AvgIpc) is 3.33. The van der Waals surface area contributed by atoms with Crippen LogP contribution in [0.25, 0.3) is 0 Å². The van der Waals surface area contributed by atoms with Gasteiger partial charge in [0.15, 0.2) is 0 Å². The molecular formula is C17H24N2O. The first-order valence-electron chi connectivity index (χ1n) is 7.90. The number of anilines is 1. The summed E-state index contributed by atoms with van der Waals surface area (Å²) in [6.07, 6.45) is 5.40. The highest BCUT2D eigenvalue weighted by molar-refractivity contribution is 5.81. The summed E-state index contributed by atoms with van der Waals surface area (Å²) in [4.78, 5) is 14.2. The lowest BCUT2D eigenvalue weighted by molar-refractivity contribution is -0.123. The van der Waals surface area contributed by atoms with Crippen molar-refractivity contribution in [1.82, 2.24) is 5.32 Å². The average molecular weight is 272 g/mol. The molecule has 1 heterocycles. The van der Waals surface area contributed by atoms with E-state index in [0.717, 1.165) is 45.2 Å². The fourth-order valence-electron chi connectivity index (χ4n) is 2.92. The fraction of sp³-hybridized carbons (Fsp3) is 0.588. The predicted octanol–water partition coefficient (Wildman–Crippen LogP) is 2.74. The van der Waals surface area contributed by atoms with Gasteiger partial charge in [0.05, 0.1) is 0 Å². The van der Waals surface area contributed by atoms with E-state index in [2.05, 4.69) is 41.4 Å². The van der Waals surface area contributed by atoms with Crippen molar-refractivity contribution in [2.24, 2.45) is 5.92 Å². The number of nitrogens with zero attached hydrogens (tertiary/aromatic N) is 1. The number of benzene rings is 1. The van der Waals surface area contributed by atoms with Gasteiger partial charge in [-0.3, -0.25) is 4.79 Å². The number of hydrogen-bond acceptors (Lipinski definition) is 2. The molecule has 1 aliphatic carbocycles. The summed E-state index contributed by atoms with van der Waals surface area (Å²) in [7, 11) is 0. The van der Waals surface area contributed by atoms with Gasteiger partial charge in [-0.1, -0.05) is 19.1 Å². The molecule has 3 heteroatoms. The van der Waals surface area contributed by atoms with E-state index in [4.69, 9.17) is 0 Å². The Labute approximate surface area is 121 Å². The van der Waals surface area contributed by atoms with Crippen LogP contribution in [-0.2, 0) is 11.2 Å². The fourth-order valence-corrected chi connectivity index (χ4v) is 2.92. The van der Waals surface area contributed by atoms with Gasteiger partial charge in [-0.15, -0.1) is 0 Å². The molecule has 0 atom stereocenters. The van der Waals surface area contributed by atoms with Crippen molar-refractivity contribution in [3.63, 3.8) is 0 Å². The standard InChI is InChI=1S/C17H24N2O/c1-2-13-4-3-5-16(12-13)19-10-8-15(9-11-19)18-17(20)14-6-7-14/h3-5,12,14-15H,2,6-11H2,1H3,(H,18,20). The molecule has 3 nitrogen and oxygen atoms in total. The van der Waals surface area contributed by atoms with Crippen LogP contribution in [-0.4, -0.2) is 25.0 Å². The Kier molecular flexibility index (Phi) is 3.95. The number of piperidine rings is 1. The molecule has 108 valence electrons. The van der Waals surface area contributed by atoms with Crippen molar-refractivity contribution in [3.05, 3.63) is 29.8 Å². The van der Waals surface area contributed by atoms with E-state index >= 15 is 0 Å². The molecule has 0 aromatic heterocycles. The zero-order valence-corrected chi connectivity index (χ0v) is 12.3. The highest BCUT2D eigenvalue weighted by atomic mass is 16.2. The molecule has 1 saturated carbocycles. The van der Waals surface area contributed by atoms with E-state index in [1.807, 2.05) is 0 Å². The van der Waals surface area contributed by atoms with Crippen molar-refractivity contribution >= 4 is 11.6 Å². The smallest absolute Gasteiger partial charge is 0.223 e. The summed E-state index contributed by atoms with van der Waals surface area (Å²) >= 11 is 0. The third-order valence-electron chi connectivity index (χ3n) is 4.47. The van der Waals surface area contributed by atoms with Crippen LogP contribution >= 0.6 is 0 Å². The molecule has 1 N–H and O–H groups in total. The summed E-state index contributed by atoms with van der Waals surface area (Å²) in [5.74, 6) is 0.616. The second-order valence-electron chi connectivity index (χ2n) is 6.07. The Morgan fingerprint density at radius 1 is 1.25 bits per heavy atom. The molecule has 1 aromatic carbocycles. The number of rotatable bonds is 4. The SMILES string of the molecule is CCc1cccc(N2CCC(NC(=O)C3CC3)CC2)c1. The molecule has 2 aliphatic rings. The van der Waals surface area contributed by atoms with E-state index < -0.39 is 0 Å². The monoisotopic (exact) mass is 272 g/mol. The van der Waals surface area contributed by atoms with E-state index in [9.17, 15) is 4.79 Å². The molecule has 0 bridgehead atoms. The van der Waals surface area contributed by atoms with Crippen LogP contribution in [0.5, 0.6) is 0 Å². The second-order valence-corrected chi connectivity index (χ2v) is 6.07. The largest absolute Gasteiger partial charge is 0.371 e. The summed E-state index contributed by atoms with van der Waals surface area (Å²) in [6, 6.07) is 9.21. The maximum Gasteiger partial charge on any atom is 0.223 e.